The maximum atomic E-state index is 8.50. The third-order valence-corrected chi connectivity index (χ3v) is 6.27. The molecule has 198 valence electrons. The second-order valence-corrected chi connectivity index (χ2v) is 8.98. The van der Waals surface area contributed by atoms with E-state index < -0.39 is 6.02 Å². The van der Waals surface area contributed by atoms with Crippen LogP contribution in [-0.4, -0.2) is 23.2 Å². The van der Waals surface area contributed by atoms with Crippen molar-refractivity contribution in [2.75, 3.05) is 4.90 Å². The van der Waals surface area contributed by atoms with Crippen LogP contribution >= 0.6 is 0 Å². The number of aliphatic imine (C=N–C) groups is 1. The maximum Gasteiger partial charge on any atom is 0.254 e. The highest BCUT2D eigenvalue weighted by Crippen LogP contribution is 2.47. The molecule has 0 saturated carbocycles. The van der Waals surface area contributed by atoms with Crippen molar-refractivity contribution >= 4 is 35.2 Å². The second-order valence-electron chi connectivity index (χ2n) is 8.98. The van der Waals surface area contributed by atoms with E-state index in [0.717, 1.165) is 28.1 Å². The lowest BCUT2D eigenvalue weighted by atomic mass is 10.1. The Labute approximate surface area is 240 Å². The smallest absolute Gasteiger partial charge is 0.254 e. The average Bonchev–Trinajstić information content (AvgIpc) is 3.58. The minimum absolute atomic E-state index is 0.0587. The van der Waals surface area contributed by atoms with Crippen molar-refractivity contribution in [3.8, 4) is 0 Å². The third kappa shape index (κ3) is 7.85. The van der Waals surface area contributed by atoms with E-state index in [-0.39, 0.29) is 12.2 Å². The topological polar surface area (TPSA) is 60.5 Å². The minimum Gasteiger partial charge on any atom is -0.362 e. The summed E-state index contributed by atoms with van der Waals surface area (Å²) in [4.78, 5) is 15.8. The van der Waals surface area contributed by atoms with Crippen LogP contribution in [0.15, 0.2) is 102 Å². The van der Waals surface area contributed by atoms with Crippen molar-refractivity contribution in [1.82, 2.24) is 0 Å². The first-order valence-corrected chi connectivity index (χ1v) is 12.7. The molecule has 0 aliphatic carbocycles. The first-order valence-electron chi connectivity index (χ1n) is 13.7. The van der Waals surface area contributed by atoms with Crippen molar-refractivity contribution in [2.45, 2.75) is 39.8 Å². The minimum atomic E-state index is -0.619. The Kier molecular flexibility index (Phi) is 9.61. The van der Waals surface area contributed by atoms with Crippen LogP contribution in [0, 0.1) is 27.0 Å². The Morgan fingerprint density at radius 2 is 1.38 bits per heavy atom. The second kappa shape index (κ2) is 14.6. The van der Waals surface area contributed by atoms with E-state index in [2.05, 4.69) is 43.4 Å². The quantitative estimate of drug-likeness (QED) is 0.0860. The van der Waals surface area contributed by atoms with Crippen molar-refractivity contribution < 1.29 is 7.53 Å². The summed E-state index contributed by atoms with van der Waals surface area (Å²) in [5.74, 6) is 0. The number of nitrogens with zero attached hydrogens (tertiary/aromatic N) is 6. The highest BCUT2D eigenvalue weighted by Gasteiger charge is 2.45. The van der Waals surface area contributed by atoms with Gasteiger partial charge in [-0.1, -0.05) is 84.9 Å². The fourth-order valence-electron chi connectivity index (χ4n) is 4.06. The normalized spacial score (nSPS) is 17.4. The predicted octanol–water partition coefficient (Wildman–Crippen LogP) is 9.10. The van der Waals surface area contributed by atoms with Gasteiger partial charge in [0.15, 0.2) is 12.7 Å². The zero-order valence-corrected chi connectivity index (χ0v) is 23.1. The van der Waals surface area contributed by atoms with Gasteiger partial charge in [-0.25, -0.2) is 9.69 Å². The molecule has 40 heavy (non-hydrogen) atoms. The average molecular weight is 527 g/mol. The molecule has 0 bridgehead atoms. The number of benzene rings is 4. The van der Waals surface area contributed by atoms with Gasteiger partial charge in [-0.2, -0.15) is 4.79 Å². The van der Waals surface area contributed by atoms with Gasteiger partial charge in [0.25, 0.3) is 6.19 Å². The van der Waals surface area contributed by atoms with Gasteiger partial charge in [-0.15, -0.1) is 0 Å². The summed E-state index contributed by atoms with van der Waals surface area (Å²) in [6.07, 6.45) is 1.75. The van der Waals surface area contributed by atoms with Crippen LogP contribution < -0.4 is 4.90 Å². The van der Waals surface area contributed by atoms with E-state index in [4.69, 9.17) is 21.4 Å². The number of para-hydroxylation sites is 2. The summed E-state index contributed by atoms with van der Waals surface area (Å²) in [7, 11) is 0. The van der Waals surface area contributed by atoms with Crippen LogP contribution in [0.1, 0.15) is 44.9 Å². The molecular weight excluding hydrogens is 492 g/mol. The van der Waals surface area contributed by atoms with Gasteiger partial charge in [-0.05, 0) is 55.2 Å². The summed E-state index contributed by atoms with van der Waals surface area (Å²) in [6.45, 7) is 21.3. The molecule has 0 N–H and O–H groups in total. The van der Waals surface area contributed by atoms with E-state index in [0.29, 0.717) is 11.4 Å². The Hall–Kier alpha value is -5.29. The van der Waals surface area contributed by atoms with E-state index >= 15 is 0 Å². The van der Waals surface area contributed by atoms with E-state index in [1.165, 1.54) is 12.5 Å². The Morgan fingerprint density at radius 3 is 1.90 bits per heavy atom. The molecule has 6 heteroatoms. The van der Waals surface area contributed by atoms with Crippen molar-refractivity contribution in [3.05, 3.63) is 148 Å². The van der Waals surface area contributed by atoms with Gasteiger partial charge in [0.2, 0.25) is 0 Å². The number of hydrogen-bond donors (Lipinski definition) is 0. The molecule has 0 amide bonds. The van der Waals surface area contributed by atoms with Crippen molar-refractivity contribution in [1.29, 1.82) is 0 Å². The molecule has 1 heterocycles. The van der Waals surface area contributed by atoms with Gasteiger partial charge >= 0.3 is 0 Å². The molecule has 1 saturated heterocycles. The highest BCUT2D eigenvalue weighted by molar-refractivity contribution is 5.82. The lowest BCUT2D eigenvalue weighted by molar-refractivity contribution is 0.00297. The largest absolute Gasteiger partial charge is 0.362 e. The molecule has 2 atom stereocenters. The van der Waals surface area contributed by atoms with Crippen LogP contribution in [-0.2, 0) is 0 Å². The van der Waals surface area contributed by atoms with Crippen LogP contribution in [0.4, 0.5) is 22.7 Å². The Balaban J connectivity index is 0.000000201. The lowest BCUT2D eigenvalue weighted by Crippen LogP contribution is -1.98. The maximum absolute atomic E-state index is 8.50. The molecule has 4 aromatic carbocycles. The van der Waals surface area contributed by atoms with Crippen LogP contribution in [0.5, 0.6) is 0 Å². The van der Waals surface area contributed by atoms with Gasteiger partial charge in [0.1, 0.15) is 0 Å². The fourth-order valence-corrected chi connectivity index (χ4v) is 4.06. The van der Waals surface area contributed by atoms with E-state index in [1.807, 2.05) is 92.9 Å². The predicted molar refractivity (Wildman–Crippen MR) is 165 cm³/mol. The molecule has 1 aliphatic heterocycles. The number of rotatable bonds is 4. The standard InChI is InChI=1S/C17H16N2.C15H12N2.C2H4N2/c1-12-6-4-5-7-16(12)19-13(2)17(19)14-8-10-15(18-3)11-9-14;1-12-5-3-4-6-15(12)17-11-13-7-9-14(16-2)10-8-13;1-2-4-3/h4-11,13,17H,1-2H3;3-11H,1H3;2H,1H3/t13-,17-,19?;;/m0../s1/i13D;;2D. The summed E-state index contributed by atoms with van der Waals surface area (Å²) in [6, 6.07) is 30.6. The monoisotopic (exact) mass is 526 g/mol. The van der Waals surface area contributed by atoms with Crippen molar-refractivity contribution in [2.24, 2.45) is 4.99 Å². The van der Waals surface area contributed by atoms with Crippen LogP contribution in [0.3, 0.4) is 0 Å². The first kappa shape index (κ1) is 26.3. The fraction of sp³-hybridized carbons (Fsp3) is 0.176. The van der Waals surface area contributed by atoms with Crippen LogP contribution in [0.25, 0.3) is 15.2 Å². The number of hydrogen-bond acceptors (Lipinski definition) is 2. The molecule has 6 nitrogen and oxygen atoms in total. The highest BCUT2D eigenvalue weighted by atomic mass is 15.3. The molecule has 0 radical (unpaired) electrons. The Bertz CT molecular complexity index is 1670. The summed E-state index contributed by atoms with van der Waals surface area (Å²) >= 11 is 0. The molecule has 5 rings (SSSR count). The van der Waals surface area contributed by atoms with Crippen molar-refractivity contribution in [3.63, 3.8) is 0 Å². The zero-order valence-electron chi connectivity index (χ0n) is 25.1. The SMILES string of the molecule is [2H]C(C)=[N+]=[N-].[2H][C@]1(C)[C@@H](c2ccc([N+]#[C-])cc2)N1c1ccccc1C.[C-]#[N+]c1ccc(C=Nc2ccccc2C)cc1. The third-order valence-electron chi connectivity index (χ3n) is 6.27. The van der Waals surface area contributed by atoms with Gasteiger partial charge < -0.3 is 10.4 Å². The first-order chi connectivity index (χ1) is 20.1. The summed E-state index contributed by atoms with van der Waals surface area (Å²) in [5.41, 5.74) is 15.4. The molecule has 1 fully saturated rings. The lowest BCUT2D eigenvalue weighted by Gasteiger charge is -2.09. The van der Waals surface area contributed by atoms with Gasteiger partial charge in [-0.3, -0.25) is 4.99 Å². The zero-order chi connectivity index (χ0) is 30.7. The molecule has 0 unspecified atom stereocenters. The number of anilines is 1. The number of aryl methyl sites for hydroxylation is 2. The molecule has 0 spiro atoms. The van der Waals surface area contributed by atoms with E-state index in [9.17, 15) is 0 Å². The van der Waals surface area contributed by atoms with Crippen LogP contribution in [0.2, 0.25) is 0 Å². The molecule has 4 aromatic rings. The summed E-state index contributed by atoms with van der Waals surface area (Å²) < 4.78 is 14.8. The molecule has 1 aliphatic rings. The van der Waals surface area contributed by atoms with E-state index in [1.54, 1.807) is 12.1 Å². The molecule has 0 aromatic heterocycles. The van der Waals surface area contributed by atoms with Gasteiger partial charge in [0, 0.05) is 18.8 Å². The Morgan fingerprint density at radius 1 is 0.850 bits per heavy atom. The van der Waals surface area contributed by atoms with Gasteiger partial charge in [0.05, 0.1) is 32.3 Å². The summed E-state index contributed by atoms with van der Waals surface area (Å²) in [5, 5.41) is 0. The molecular formula is C34H32N6.